The number of hydrogen-bond acceptors (Lipinski definition) is 4. The zero-order valence-corrected chi connectivity index (χ0v) is 6.56. The molecule has 66 valence electrons. The lowest BCUT2D eigenvalue weighted by Crippen LogP contribution is -2.23. The number of carbonyl (C=O) groups is 1. The Bertz CT molecular complexity index is 291. The fourth-order valence-corrected chi connectivity index (χ4v) is 0.956. The van der Waals surface area contributed by atoms with Gasteiger partial charge in [0.2, 0.25) is 0 Å². The molecule has 6 nitrogen and oxygen atoms in total. The molecule has 0 bridgehead atoms. The molecule has 0 amide bonds. The molecule has 1 atom stereocenters. The molecule has 7 heteroatoms. The Labute approximate surface area is 72.1 Å². The summed E-state index contributed by atoms with van der Waals surface area (Å²) in [6.45, 7) is 0. The maximum atomic E-state index is 10.4. The highest BCUT2D eigenvalue weighted by Gasteiger charge is 2.22. The lowest BCUT2D eigenvalue weighted by Gasteiger charge is -2.04. The molecule has 0 saturated heterocycles. The first-order valence-corrected chi connectivity index (χ1v) is 3.33. The topological polar surface area (TPSA) is 101 Å². The summed E-state index contributed by atoms with van der Waals surface area (Å²) in [5.41, 5.74) is 5.04. The van der Waals surface area contributed by atoms with Crippen LogP contribution in [-0.4, -0.2) is 26.2 Å². The van der Waals surface area contributed by atoms with Crippen molar-refractivity contribution in [2.75, 3.05) is 0 Å². The van der Waals surface area contributed by atoms with E-state index < -0.39 is 12.0 Å². The number of halogens is 1. The van der Waals surface area contributed by atoms with Gasteiger partial charge in [0.15, 0.2) is 6.04 Å². The van der Waals surface area contributed by atoms with Gasteiger partial charge in [-0.15, -0.1) is 9.94 Å². The van der Waals surface area contributed by atoms with E-state index >= 15 is 0 Å². The maximum absolute atomic E-state index is 10.4. The molecule has 1 rings (SSSR count). The minimum Gasteiger partial charge on any atom is -0.480 e. The van der Waals surface area contributed by atoms with Gasteiger partial charge >= 0.3 is 5.97 Å². The van der Waals surface area contributed by atoms with Crippen molar-refractivity contribution in [2.45, 2.75) is 6.04 Å². The van der Waals surface area contributed by atoms with Gasteiger partial charge in [-0.05, 0) is 0 Å². The quantitative estimate of drug-likeness (QED) is 0.565. The molecule has 0 aliphatic carbocycles. The number of nitrogens with two attached hydrogens (primary N) is 1. The first kappa shape index (κ1) is 8.82. The van der Waals surface area contributed by atoms with E-state index in [1.165, 1.54) is 0 Å². The van der Waals surface area contributed by atoms with Gasteiger partial charge < -0.3 is 16.0 Å². The molecule has 0 spiro atoms. The Morgan fingerprint density at radius 1 is 1.83 bits per heavy atom. The Morgan fingerprint density at radius 2 is 2.42 bits per heavy atom. The number of carboxylic acids is 1. The maximum Gasteiger partial charge on any atom is 0.326 e. The van der Waals surface area contributed by atoms with Gasteiger partial charge in [-0.1, -0.05) is 11.6 Å². The van der Waals surface area contributed by atoms with E-state index in [9.17, 15) is 4.79 Å². The molecule has 0 fully saturated rings. The molecule has 1 heterocycles. The summed E-state index contributed by atoms with van der Waals surface area (Å²) in [5.74, 6) is -1.28. The SMILES string of the molecule is N[C@@H](C(=O)O)c1c(Cl)cnn1O. The van der Waals surface area contributed by atoms with Crippen molar-refractivity contribution >= 4 is 17.6 Å². The van der Waals surface area contributed by atoms with Crippen LogP contribution in [0.3, 0.4) is 0 Å². The zero-order chi connectivity index (χ0) is 9.30. The molecule has 1 aromatic rings. The summed E-state index contributed by atoms with van der Waals surface area (Å²) >= 11 is 5.50. The van der Waals surface area contributed by atoms with Gasteiger partial charge in [-0.2, -0.15) is 0 Å². The number of aliphatic carboxylic acids is 1. The molecule has 0 aromatic carbocycles. The lowest BCUT2D eigenvalue weighted by molar-refractivity contribution is -0.139. The number of hydrogen-bond donors (Lipinski definition) is 3. The Kier molecular flexibility index (Phi) is 2.20. The highest BCUT2D eigenvalue weighted by Crippen LogP contribution is 2.19. The molecular formula is C5H6ClN3O3. The van der Waals surface area contributed by atoms with Gasteiger partial charge in [0, 0.05) is 0 Å². The van der Waals surface area contributed by atoms with E-state index in [1.807, 2.05) is 0 Å². The molecule has 12 heavy (non-hydrogen) atoms. The number of aromatic nitrogens is 2. The lowest BCUT2D eigenvalue weighted by atomic mass is 10.2. The first-order valence-electron chi connectivity index (χ1n) is 2.95. The van der Waals surface area contributed by atoms with Crippen molar-refractivity contribution in [3.05, 3.63) is 16.9 Å². The van der Waals surface area contributed by atoms with Crippen LogP contribution in [0.15, 0.2) is 6.20 Å². The molecule has 4 N–H and O–H groups in total. The van der Waals surface area contributed by atoms with Crippen LogP contribution in [0.4, 0.5) is 0 Å². The smallest absolute Gasteiger partial charge is 0.326 e. The van der Waals surface area contributed by atoms with Crippen LogP contribution < -0.4 is 5.73 Å². The number of carboxylic acid groups (broad SMARTS) is 1. The van der Waals surface area contributed by atoms with Gasteiger partial charge in [0.1, 0.15) is 5.69 Å². The van der Waals surface area contributed by atoms with Crippen molar-refractivity contribution < 1.29 is 15.1 Å². The van der Waals surface area contributed by atoms with Crippen molar-refractivity contribution in [2.24, 2.45) is 5.73 Å². The van der Waals surface area contributed by atoms with Crippen LogP contribution in [0.1, 0.15) is 11.7 Å². The van der Waals surface area contributed by atoms with Crippen molar-refractivity contribution in [1.82, 2.24) is 9.94 Å². The van der Waals surface area contributed by atoms with Gasteiger partial charge in [0.05, 0.1) is 11.2 Å². The summed E-state index contributed by atoms with van der Waals surface area (Å²) in [4.78, 5) is 10.7. The van der Waals surface area contributed by atoms with Gasteiger partial charge in [-0.25, -0.2) is 0 Å². The molecule has 0 aliphatic rings. The van der Waals surface area contributed by atoms with Crippen LogP contribution in [0.2, 0.25) is 5.02 Å². The molecular weight excluding hydrogens is 186 g/mol. The van der Waals surface area contributed by atoms with E-state index in [1.54, 1.807) is 0 Å². The van der Waals surface area contributed by atoms with Gasteiger partial charge in [0.25, 0.3) is 0 Å². The largest absolute Gasteiger partial charge is 0.480 e. The van der Waals surface area contributed by atoms with Crippen LogP contribution in [0.5, 0.6) is 0 Å². The standard InChI is InChI=1S/C5H6ClN3O3/c6-2-1-8-9(12)4(2)3(7)5(10)11/h1,3,12H,7H2,(H,10,11)/t3-/m1/s1. The van der Waals surface area contributed by atoms with Crippen LogP contribution >= 0.6 is 11.6 Å². The van der Waals surface area contributed by atoms with Crippen LogP contribution in [-0.2, 0) is 4.79 Å². The minimum absolute atomic E-state index is 0.0207. The summed E-state index contributed by atoms with van der Waals surface area (Å²) < 4.78 is 0. The average molecular weight is 192 g/mol. The molecule has 0 aliphatic heterocycles. The number of nitrogens with zero attached hydrogens (tertiary/aromatic N) is 2. The molecule has 0 radical (unpaired) electrons. The second kappa shape index (κ2) is 3.00. The van der Waals surface area contributed by atoms with E-state index in [4.69, 9.17) is 27.6 Å². The van der Waals surface area contributed by atoms with Crippen molar-refractivity contribution in [1.29, 1.82) is 0 Å². The van der Waals surface area contributed by atoms with Crippen LogP contribution in [0, 0.1) is 0 Å². The van der Waals surface area contributed by atoms with Crippen LogP contribution in [0.25, 0.3) is 0 Å². The third-order valence-electron chi connectivity index (χ3n) is 1.30. The zero-order valence-electron chi connectivity index (χ0n) is 5.81. The predicted molar refractivity (Wildman–Crippen MR) is 39.0 cm³/mol. The monoisotopic (exact) mass is 191 g/mol. The molecule has 0 saturated carbocycles. The minimum atomic E-state index is -1.37. The fourth-order valence-electron chi connectivity index (χ4n) is 0.719. The third-order valence-corrected chi connectivity index (χ3v) is 1.59. The van der Waals surface area contributed by atoms with E-state index in [0.717, 1.165) is 6.20 Å². The Balaban J connectivity index is 3.08. The summed E-state index contributed by atoms with van der Waals surface area (Å²) in [6, 6.07) is -1.37. The number of rotatable bonds is 2. The Hall–Kier alpha value is -1.27. The molecule has 0 unspecified atom stereocenters. The van der Waals surface area contributed by atoms with Crippen molar-refractivity contribution in [3.8, 4) is 0 Å². The Morgan fingerprint density at radius 3 is 2.75 bits per heavy atom. The van der Waals surface area contributed by atoms with E-state index in [0.29, 0.717) is 4.85 Å². The average Bonchev–Trinajstić information content (AvgIpc) is 2.30. The summed E-state index contributed by atoms with van der Waals surface area (Å²) in [6.07, 6.45) is 1.11. The second-order valence-electron chi connectivity index (χ2n) is 2.08. The highest BCUT2D eigenvalue weighted by atomic mass is 35.5. The van der Waals surface area contributed by atoms with Gasteiger partial charge in [-0.3, -0.25) is 4.79 Å². The predicted octanol–water partition coefficient (Wildman–Crippen LogP) is -0.142. The third kappa shape index (κ3) is 1.34. The van der Waals surface area contributed by atoms with E-state index in [-0.39, 0.29) is 10.7 Å². The highest BCUT2D eigenvalue weighted by molar-refractivity contribution is 6.31. The summed E-state index contributed by atoms with van der Waals surface area (Å²) in [7, 11) is 0. The summed E-state index contributed by atoms with van der Waals surface area (Å²) in [5, 5.41) is 20.7. The first-order chi connectivity index (χ1) is 5.54. The fraction of sp³-hybridized carbons (Fsp3) is 0.200. The molecule has 1 aromatic heterocycles. The normalized spacial score (nSPS) is 12.8. The van der Waals surface area contributed by atoms with E-state index in [2.05, 4.69) is 5.10 Å². The second-order valence-corrected chi connectivity index (χ2v) is 2.49. The van der Waals surface area contributed by atoms with Crippen molar-refractivity contribution in [3.63, 3.8) is 0 Å².